The third kappa shape index (κ3) is 3.66. The van der Waals surface area contributed by atoms with Crippen LogP contribution in [-0.2, 0) is 17.1 Å². The van der Waals surface area contributed by atoms with E-state index in [1.54, 1.807) is 48.5 Å². The van der Waals surface area contributed by atoms with Gasteiger partial charge in [-0.05, 0) is 0 Å². The van der Waals surface area contributed by atoms with E-state index in [2.05, 4.69) is 0 Å². The van der Waals surface area contributed by atoms with E-state index in [1.807, 2.05) is 12.1 Å². The monoisotopic (exact) mass is 279 g/mol. The van der Waals surface area contributed by atoms with Gasteiger partial charge in [0.1, 0.15) is 6.42 Å². The third-order valence-electron chi connectivity index (χ3n) is 2.38. The Bertz CT molecular complexity index is 471. The number of benzene rings is 2. The molecule has 0 atom stereocenters. The molecule has 91 valence electrons. The van der Waals surface area contributed by atoms with Crippen molar-refractivity contribution < 1.29 is 26.7 Å². The molecular formula is C15H11FeO2. The van der Waals surface area contributed by atoms with Gasteiger partial charge in [-0.3, -0.25) is 9.59 Å². The van der Waals surface area contributed by atoms with E-state index in [-0.39, 0.29) is 28.6 Å². The fourth-order valence-corrected chi connectivity index (χ4v) is 1.49. The van der Waals surface area contributed by atoms with Crippen molar-refractivity contribution in [3.05, 3.63) is 78.2 Å². The van der Waals surface area contributed by atoms with Crippen molar-refractivity contribution >= 4 is 11.6 Å². The van der Waals surface area contributed by atoms with Crippen molar-refractivity contribution in [2.75, 3.05) is 0 Å². The number of carbonyl (C=O) groups excluding carboxylic acids is 2. The quantitative estimate of drug-likeness (QED) is 0.490. The van der Waals surface area contributed by atoms with Gasteiger partial charge >= 0.3 is 0 Å². The van der Waals surface area contributed by atoms with Crippen LogP contribution in [0.5, 0.6) is 0 Å². The van der Waals surface area contributed by atoms with Gasteiger partial charge in [0.25, 0.3) is 0 Å². The van der Waals surface area contributed by atoms with Gasteiger partial charge in [0.05, 0.1) is 0 Å². The molecule has 0 aliphatic rings. The molecular weight excluding hydrogens is 268 g/mol. The molecule has 0 aromatic heterocycles. The Hall–Kier alpha value is -1.70. The predicted molar refractivity (Wildman–Crippen MR) is 65.8 cm³/mol. The van der Waals surface area contributed by atoms with Crippen LogP contribution in [0.15, 0.2) is 60.7 Å². The van der Waals surface area contributed by atoms with Gasteiger partial charge in [0.15, 0.2) is 11.6 Å². The summed E-state index contributed by atoms with van der Waals surface area (Å²) in [7, 11) is 0. The summed E-state index contributed by atoms with van der Waals surface area (Å²) in [5, 5.41) is 0. The summed E-state index contributed by atoms with van der Waals surface area (Å²) >= 11 is 0. The fraction of sp³-hybridized carbons (Fsp3) is 0. The molecule has 1 radical (unpaired) electrons. The largest absolute Gasteiger partial charge is 0.293 e. The second-order valence-electron chi connectivity index (χ2n) is 3.60. The van der Waals surface area contributed by atoms with Crippen LogP contribution < -0.4 is 0 Å². The molecule has 0 amide bonds. The van der Waals surface area contributed by atoms with Crippen molar-refractivity contribution in [3.63, 3.8) is 0 Å². The zero-order chi connectivity index (χ0) is 12.1. The number of rotatable bonds is 4. The molecule has 0 heterocycles. The molecule has 0 bridgehead atoms. The van der Waals surface area contributed by atoms with Gasteiger partial charge in [0.2, 0.25) is 0 Å². The van der Waals surface area contributed by atoms with Crippen LogP contribution >= 0.6 is 0 Å². The summed E-state index contributed by atoms with van der Waals surface area (Å²) in [5.74, 6) is -0.529. The molecule has 2 aromatic rings. The SMILES string of the molecule is O=C([CH]C(=O)c1ccccc1)c1ccccc1.[Fe]. The Kier molecular flexibility index (Phi) is 5.50. The first-order valence-corrected chi connectivity index (χ1v) is 5.31. The molecule has 0 aliphatic heterocycles. The average molecular weight is 279 g/mol. The van der Waals surface area contributed by atoms with Gasteiger partial charge < -0.3 is 0 Å². The van der Waals surface area contributed by atoms with Crippen LogP contribution in [0.4, 0.5) is 0 Å². The molecule has 0 N–H and O–H groups in total. The molecule has 0 unspecified atom stereocenters. The van der Waals surface area contributed by atoms with E-state index < -0.39 is 0 Å². The minimum absolute atomic E-state index is 0. The Morgan fingerprint density at radius 3 is 1.33 bits per heavy atom. The Labute approximate surface area is 117 Å². The van der Waals surface area contributed by atoms with Gasteiger partial charge in [-0.15, -0.1) is 0 Å². The van der Waals surface area contributed by atoms with Gasteiger partial charge in [0, 0.05) is 28.2 Å². The minimum Gasteiger partial charge on any atom is -0.293 e. The van der Waals surface area contributed by atoms with Crippen LogP contribution in [0, 0.1) is 6.42 Å². The van der Waals surface area contributed by atoms with Crippen LogP contribution in [0.25, 0.3) is 0 Å². The maximum absolute atomic E-state index is 11.8. The second kappa shape index (κ2) is 6.90. The number of hydrogen-bond donors (Lipinski definition) is 0. The van der Waals surface area contributed by atoms with Crippen molar-refractivity contribution in [3.8, 4) is 0 Å². The van der Waals surface area contributed by atoms with Crippen LogP contribution in [0.3, 0.4) is 0 Å². The molecule has 0 saturated heterocycles. The van der Waals surface area contributed by atoms with Crippen molar-refractivity contribution in [1.82, 2.24) is 0 Å². The maximum atomic E-state index is 11.8. The summed E-state index contributed by atoms with van der Waals surface area (Å²) in [6, 6.07) is 17.5. The first-order valence-electron chi connectivity index (χ1n) is 5.31. The standard InChI is InChI=1S/C15H11O2.Fe/c16-14(12-7-3-1-4-8-12)11-15(17)13-9-5-2-6-10-13;/h1-11H;. The molecule has 0 aliphatic carbocycles. The Balaban J connectivity index is 0.00000162. The number of carbonyl (C=O) groups is 2. The van der Waals surface area contributed by atoms with E-state index in [1.165, 1.54) is 0 Å². The number of Topliss-reactive ketones (excluding diaryl/α,β-unsaturated/α-hetero) is 2. The molecule has 2 aromatic carbocycles. The molecule has 3 heteroatoms. The first-order chi connectivity index (χ1) is 8.27. The van der Waals surface area contributed by atoms with Gasteiger partial charge in [-0.2, -0.15) is 0 Å². The zero-order valence-electron chi connectivity index (χ0n) is 9.52. The summed E-state index contributed by atoms with van der Waals surface area (Å²) in [6.07, 6.45) is 1.13. The summed E-state index contributed by atoms with van der Waals surface area (Å²) in [4.78, 5) is 23.5. The van der Waals surface area contributed by atoms with Gasteiger partial charge in [-0.25, -0.2) is 0 Å². The van der Waals surface area contributed by atoms with Crippen molar-refractivity contribution in [1.29, 1.82) is 0 Å². The minimum atomic E-state index is -0.264. The maximum Gasteiger partial charge on any atom is 0.174 e. The van der Waals surface area contributed by atoms with E-state index in [0.29, 0.717) is 11.1 Å². The second-order valence-corrected chi connectivity index (χ2v) is 3.60. The third-order valence-corrected chi connectivity index (χ3v) is 2.38. The smallest absolute Gasteiger partial charge is 0.174 e. The molecule has 0 spiro atoms. The Morgan fingerprint density at radius 2 is 1.00 bits per heavy atom. The number of hydrogen-bond acceptors (Lipinski definition) is 2. The summed E-state index contributed by atoms with van der Waals surface area (Å²) in [6.45, 7) is 0. The zero-order valence-corrected chi connectivity index (χ0v) is 10.6. The van der Waals surface area contributed by atoms with E-state index in [9.17, 15) is 9.59 Å². The van der Waals surface area contributed by atoms with E-state index in [0.717, 1.165) is 6.42 Å². The van der Waals surface area contributed by atoms with E-state index in [4.69, 9.17) is 0 Å². The molecule has 0 fully saturated rings. The van der Waals surface area contributed by atoms with Crippen molar-refractivity contribution in [2.24, 2.45) is 0 Å². The predicted octanol–water partition coefficient (Wildman–Crippen LogP) is 2.95. The summed E-state index contributed by atoms with van der Waals surface area (Å²) < 4.78 is 0. The van der Waals surface area contributed by atoms with Crippen LogP contribution in [0.2, 0.25) is 0 Å². The topological polar surface area (TPSA) is 34.1 Å². The average Bonchev–Trinajstić information content (AvgIpc) is 2.40. The first kappa shape index (κ1) is 14.4. The molecule has 0 saturated carbocycles. The van der Waals surface area contributed by atoms with E-state index >= 15 is 0 Å². The van der Waals surface area contributed by atoms with Gasteiger partial charge in [-0.1, -0.05) is 60.7 Å². The Morgan fingerprint density at radius 1 is 0.667 bits per heavy atom. The van der Waals surface area contributed by atoms with Crippen molar-refractivity contribution in [2.45, 2.75) is 0 Å². The normalized spacial score (nSPS) is 9.33. The van der Waals surface area contributed by atoms with Crippen LogP contribution in [0.1, 0.15) is 20.7 Å². The molecule has 18 heavy (non-hydrogen) atoms. The molecule has 2 nitrogen and oxygen atoms in total. The molecule has 2 rings (SSSR count). The fourth-order valence-electron chi connectivity index (χ4n) is 1.49. The van der Waals surface area contributed by atoms with Crippen LogP contribution in [-0.4, -0.2) is 11.6 Å². The number of ketones is 2. The summed E-state index contributed by atoms with van der Waals surface area (Å²) in [5.41, 5.74) is 1.05.